The van der Waals surface area contributed by atoms with Gasteiger partial charge in [-0.3, -0.25) is 32.5 Å². The number of nitrogens with zero attached hydrogens (tertiary/aromatic N) is 4. The van der Waals surface area contributed by atoms with E-state index in [1.54, 1.807) is 0 Å². The molecular formula is C35H62N7O17P3S. The van der Waals surface area contributed by atoms with E-state index >= 15 is 0 Å². The second-order valence-corrected chi connectivity index (χ2v) is 20.9. The second-order valence-electron chi connectivity index (χ2n) is 15.6. The maximum absolute atomic E-state index is 12.7. The number of ether oxygens (including phenoxy) is 1. The third-order valence-corrected chi connectivity index (χ3v) is 13.7. The number of nitrogens with one attached hydrogen (secondary N) is 2. The summed E-state index contributed by atoms with van der Waals surface area (Å²) in [6, 6.07) is 0. The number of carbonyl (C=O) groups is 3. The minimum Gasteiger partial charge on any atom is -0.386 e. The first-order chi connectivity index (χ1) is 29.6. The van der Waals surface area contributed by atoms with Gasteiger partial charge in [0.25, 0.3) is 0 Å². The fourth-order valence-corrected chi connectivity index (χ4v) is 9.86. The lowest BCUT2D eigenvalue weighted by atomic mass is 9.87. The first kappa shape index (κ1) is 54.9. The number of amides is 2. The van der Waals surface area contributed by atoms with Crippen LogP contribution in [0.5, 0.6) is 0 Å². The molecule has 0 aromatic carbocycles. The average molecular weight is 978 g/mol. The van der Waals surface area contributed by atoms with Gasteiger partial charge in [0.1, 0.15) is 42.0 Å². The Bertz CT molecular complexity index is 1920. The summed E-state index contributed by atoms with van der Waals surface area (Å²) in [5.41, 5.74) is 4.28. The Morgan fingerprint density at radius 2 is 1.54 bits per heavy atom. The number of aliphatic hydroxyl groups is 2. The maximum Gasteiger partial charge on any atom is 0.481 e. The number of rotatable bonds is 32. The van der Waals surface area contributed by atoms with Crippen molar-refractivity contribution in [3.63, 3.8) is 0 Å². The number of phosphoric ester groups is 3. The summed E-state index contributed by atoms with van der Waals surface area (Å²) >= 11 is 1.27. The first-order valence-electron chi connectivity index (χ1n) is 20.5. The van der Waals surface area contributed by atoms with Crippen molar-refractivity contribution in [2.75, 3.05) is 37.1 Å². The molecule has 2 unspecified atom stereocenters. The third kappa shape index (κ3) is 19.5. The number of aliphatic hydroxyl groups excluding tert-OH is 2. The lowest BCUT2D eigenvalue weighted by Crippen LogP contribution is -2.46. The van der Waals surface area contributed by atoms with Crippen molar-refractivity contribution >= 4 is 69.8 Å². The number of imidazole rings is 1. The van der Waals surface area contributed by atoms with E-state index in [-0.39, 0.29) is 47.4 Å². The molecule has 0 saturated carbocycles. The average Bonchev–Trinajstić information content (AvgIpc) is 3.76. The standard InChI is InChI=1S/C35H62N7O17P3S/c1-4-5-6-7-8-9-10-11-12-13-14-15-24(43)19-63-23-41-26(44)16-17-37-33(47)30(46)35(2,3)20-56-62(53,54)59-61(51,52)55-18-25-29(58-60(48,49)50)28(45)34(57-25)42-22-40-27-31(36)38-21-39-32(27)42/h21-22,25,28-30,34,45-46H,4-20,23H2,1-3H3,(H,37,47)(H,41,44)(H,51,52)(H,53,54)(H2,36,38,39)(H2,48,49,50)/t25-,28-,29-,30+,34-/m1/s1. The molecule has 1 fully saturated rings. The molecule has 2 aromatic heterocycles. The lowest BCUT2D eigenvalue weighted by molar-refractivity contribution is -0.137. The predicted octanol–water partition coefficient (Wildman–Crippen LogP) is 3.37. The summed E-state index contributed by atoms with van der Waals surface area (Å²) in [6.07, 6.45) is 6.78. The van der Waals surface area contributed by atoms with Crippen molar-refractivity contribution in [3.8, 4) is 0 Å². The number of carbonyl (C=O) groups excluding carboxylic acids is 3. The largest absolute Gasteiger partial charge is 0.481 e. The number of nitrogens with two attached hydrogens (primary N) is 1. The molecule has 24 nitrogen and oxygen atoms in total. The van der Waals surface area contributed by atoms with Gasteiger partial charge in [0, 0.05) is 24.8 Å². The lowest BCUT2D eigenvalue weighted by Gasteiger charge is -2.30. The van der Waals surface area contributed by atoms with Gasteiger partial charge in [0.15, 0.2) is 17.7 Å². The van der Waals surface area contributed by atoms with Crippen LogP contribution in [0.25, 0.3) is 11.2 Å². The van der Waals surface area contributed by atoms with Gasteiger partial charge in [-0.05, 0) is 6.42 Å². The minimum atomic E-state index is -5.57. The summed E-state index contributed by atoms with van der Waals surface area (Å²) in [7, 11) is -16.4. The van der Waals surface area contributed by atoms with E-state index in [0.29, 0.717) is 6.42 Å². The van der Waals surface area contributed by atoms with Crippen LogP contribution in [0.4, 0.5) is 5.82 Å². The molecule has 10 N–H and O–H groups in total. The fourth-order valence-electron chi connectivity index (χ4n) is 6.29. The summed E-state index contributed by atoms with van der Waals surface area (Å²) in [5.74, 6) is -0.848. The first-order valence-corrected chi connectivity index (χ1v) is 26.2. The molecule has 1 aliphatic heterocycles. The normalized spacial score (nSPS) is 20.6. The number of nitrogen functional groups attached to an aromatic ring is 1. The summed E-state index contributed by atoms with van der Waals surface area (Å²) in [5, 5.41) is 26.5. The van der Waals surface area contributed by atoms with E-state index in [1.165, 1.54) is 77.0 Å². The number of hydrogen-bond donors (Lipinski definition) is 9. The Labute approximate surface area is 369 Å². The minimum absolute atomic E-state index is 0.0334. The van der Waals surface area contributed by atoms with Crippen LogP contribution < -0.4 is 16.4 Å². The van der Waals surface area contributed by atoms with Gasteiger partial charge in [-0.2, -0.15) is 4.31 Å². The summed E-state index contributed by atoms with van der Waals surface area (Å²) < 4.78 is 62.3. The van der Waals surface area contributed by atoms with Crippen molar-refractivity contribution in [2.24, 2.45) is 5.41 Å². The number of aromatic nitrogens is 4. The van der Waals surface area contributed by atoms with Gasteiger partial charge in [-0.1, -0.05) is 85.0 Å². The van der Waals surface area contributed by atoms with Gasteiger partial charge in [0.2, 0.25) is 11.8 Å². The van der Waals surface area contributed by atoms with Gasteiger partial charge < -0.3 is 50.9 Å². The van der Waals surface area contributed by atoms with E-state index in [9.17, 15) is 57.9 Å². The molecular weight excluding hydrogens is 915 g/mol. The Morgan fingerprint density at radius 3 is 2.17 bits per heavy atom. The molecule has 0 bridgehead atoms. The molecule has 2 aromatic rings. The van der Waals surface area contributed by atoms with E-state index in [0.717, 1.165) is 36.5 Å². The molecule has 360 valence electrons. The van der Waals surface area contributed by atoms with Crippen LogP contribution in [-0.4, -0.2) is 123 Å². The van der Waals surface area contributed by atoms with Gasteiger partial charge in [-0.25, -0.2) is 28.6 Å². The van der Waals surface area contributed by atoms with Crippen LogP contribution in [0.15, 0.2) is 12.7 Å². The van der Waals surface area contributed by atoms with Crippen molar-refractivity contribution in [3.05, 3.63) is 12.7 Å². The van der Waals surface area contributed by atoms with E-state index in [4.69, 9.17) is 19.5 Å². The van der Waals surface area contributed by atoms with Crippen LogP contribution in [0, 0.1) is 5.41 Å². The molecule has 0 spiro atoms. The van der Waals surface area contributed by atoms with Crippen molar-refractivity contribution in [1.82, 2.24) is 30.2 Å². The van der Waals surface area contributed by atoms with E-state index < -0.39 is 84.6 Å². The smallest absolute Gasteiger partial charge is 0.386 e. The monoisotopic (exact) mass is 977 g/mol. The Hall–Kier alpha value is -2.44. The Kier molecular flexibility index (Phi) is 22.7. The summed E-state index contributed by atoms with van der Waals surface area (Å²) in [4.78, 5) is 88.2. The van der Waals surface area contributed by atoms with Crippen molar-refractivity contribution in [1.29, 1.82) is 0 Å². The van der Waals surface area contributed by atoms with Crippen LogP contribution >= 0.6 is 35.2 Å². The highest BCUT2D eigenvalue weighted by Gasteiger charge is 2.50. The van der Waals surface area contributed by atoms with Gasteiger partial charge in [0.05, 0.1) is 31.2 Å². The fraction of sp³-hybridized carbons (Fsp3) is 0.771. The molecule has 1 aliphatic rings. The SMILES string of the molecule is CCCCCCCCCCCCCC(=O)CSCNC(=O)CCNC(=O)[C@H](O)C(C)(C)COP(=O)(O)OP(=O)(O)OC[C@H]1O[C@@H](n2cnc3c(N)ncnc32)[C@H](O)[C@@H]1OP(=O)(O)O. The Morgan fingerprint density at radius 1 is 0.921 bits per heavy atom. The van der Waals surface area contributed by atoms with Crippen LogP contribution in [0.3, 0.4) is 0 Å². The quantitative estimate of drug-likeness (QED) is 0.0288. The third-order valence-electron chi connectivity index (χ3n) is 9.77. The van der Waals surface area contributed by atoms with Crippen LogP contribution in [0.1, 0.15) is 110 Å². The number of hydrogen-bond acceptors (Lipinski definition) is 18. The zero-order chi connectivity index (χ0) is 46.8. The molecule has 2 amide bonds. The Balaban J connectivity index is 1.35. The molecule has 0 radical (unpaired) electrons. The highest BCUT2D eigenvalue weighted by molar-refractivity contribution is 7.99. The summed E-state index contributed by atoms with van der Waals surface area (Å²) in [6.45, 7) is 2.55. The molecule has 3 heterocycles. The van der Waals surface area contributed by atoms with E-state index in [2.05, 4.69) is 41.3 Å². The topological polar surface area (TPSA) is 364 Å². The van der Waals surface area contributed by atoms with Crippen molar-refractivity contribution in [2.45, 2.75) is 135 Å². The highest BCUT2D eigenvalue weighted by Crippen LogP contribution is 2.61. The zero-order valence-corrected chi connectivity index (χ0v) is 39.1. The predicted molar refractivity (Wildman–Crippen MR) is 228 cm³/mol. The highest BCUT2D eigenvalue weighted by atomic mass is 32.2. The molecule has 0 aliphatic carbocycles. The second kappa shape index (κ2) is 26.0. The number of Topliss-reactive ketones (excluding diaryl/α,β-unsaturated/α-hetero) is 1. The molecule has 63 heavy (non-hydrogen) atoms. The van der Waals surface area contributed by atoms with Crippen molar-refractivity contribution < 1.29 is 80.5 Å². The van der Waals surface area contributed by atoms with E-state index in [1.807, 2.05) is 0 Å². The van der Waals surface area contributed by atoms with Gasteiger partial charge in [-0.15, -0.1) is 11.8 Å². The maximum atomic E-state index is 12.7. The molecule has 28 heteroatoms. The van der Waals surface area contributed by atoms with Gasteiger partial charge >= 0.3 is 23.5 Å². The molecule has 3 rings (SSSR count). The zero-order valence-electron chi connectivity index (χ0n) is 35.6. The number of ketones is 1. The number of thioether (sulfide) groups is 1. The van der Waals surface area contributed by atoms with Crippen LogP contribution in [-0.2, 0) is 50.7 Å². The number of fused-ring (bicyclic) bond motifs is 1. The number of anilines is 1. The number of phosphoric acid groups is 3. The van der Waals surface area contributed by atoms with Crippen LogP contribution in [0.2, 0.25) is 0 Å². The molecule has 7 atom stereocenters. The number of unbranched alkanes of at least 4 members (excludes halogenated alkanes) is 10. The molecule has 1 saturated heterocycles.